The molecule has 0 aromatic carbocycles. The van der Waals surface area contributed by atoms with E-state index >= 15 is 0 Å². The molecule has 1 saturated heterocycles. The lowest BCUT2D eigenvalue weighted by molar-refractivity contribution is 0.0770. The fourth-order valence-corrected chi connectivity index (χ4v) is 2.72. The van der Waals surface area contributed by atoms with Gasteiger partial charge >= 0.3 is 0 Å². The third-order valence-electron chi connectivity index (χ3n) is 3.49. The van der Waals surface area contributed by atoms with Crippen molar-refractivity contribution in [1.29, 1.82) is 0 Å². The van der Waals surface area contributed by atoms with Crippen LogP contribution >= 0.6 is 0 Å². The van der Waals surface area contributed by atoms with Crippen molar-refractivity contribution in [2.24, 2.45) is 11.3 Å². The highest BCUT2D eigenvalue weighted by molar-refractivity contribution is 5.00. The van der Waals surface area contributed by atoms with Gasteiger partial charge < -0.3 is 5.32 Å². The molecule has 2 fully saturated rings. The van der Waals surface area contributed by atoms with Gasteiger partial charge in [0.15, 0.2) is 0 Å². The van der Waals surface area contributed by atoms with Crippen molar-refractivity contribution < 1.29 is 0 Å². The molecular formula is C10H19N. The molecule has 1 aliphatic carbocycles. The molecule has 0 aromatic rings. The zero-order valence-electron chi connectivity index (χ0n) is 7.69. The summed E-state index contributed by atoms with van der Waals surface area (Å²) in [5, 5.41) is 3.58. The Bertz CT molecular complexity index is 145. The van der Waals surface area contributed by atoms with Gasteiger partial charge in [-0.15, -0.1) is 0 Å². The summed E-state index contributed by atoms with van der Waals surface area (Å²) in [4.78, 5) is 0. The van der Waals surface area contributed by atoms with Crippen molar-refractivity contribution in [2.75, 3.05) is 6.54 Å². The van der Waals surface area contributed by atoms with Crippen LogP contribution in [0.15, 0.2) is 0 Å². The minimum absolute atomic E-state index is 0.592. The second-order valence-electron chi connectivity index (χ2n) is 4.89. The third-order valence-corrected chi connectivity index (χ3v) is 3.49. The first-order chi connectivity index (χ1) is 5.20. The number of nitrogens with one attached hydrogen (secondary N) is 1. The van der Waals surface area contributed by atoms with Gasteiger partial charge in [0.2, 0.25) is 0 Å². The molecule has 0 bridgehead atoms. The molecule has 1 saturated carbocycles. The molecule has 1 N–H and O–H groups in total. The molecule has 0 aromatic heterocycles. The Hall–Kier alpha value is -0.0400. The summed E-state index contributed by atoms with van der Waals surface area (Å²) in [7, 11) is 0. The first-order valence-electron chi connectivity index (χ1n) is 4.93. The Labute approximate surface area is 69.6 Å². The van der Waals surface area contributed by atoms with Gasteiger partial charge in [-0.2, -0.15) is 0 Å². The van der Waals surface area contributed by atoms with Crippen molar-refractivity contribution >= 4 is 0 Å². The van der Waals surface area contributed by atoms with Crippen molar-refractivity contribution in [3.63, 3.8) is 0 Å². The van der Waals surface area contributed by atoms with E-state index in [1.807, 2.05) is 0 Å². The predicted molar refractivity (Wildman–Crippen MR) is 47.5 cm³/mol. The van der Waals surface area contributed by atoms with Gasteiger partial charge in [-0.3, -0.25) is 0 Å². The maximum absolute atomic E-state index is 3.58. The lowest BCUT2D eigenvalue weighted by Crippen LogP contribution is -2.62. The Morgan fingerprint density at radius 3 is 2.18 bits per heavy atom. The molecule has 0 amide bonds. The Kier molecular flexibility index (Phi) is 1.71. The van der Waals surface area contributed by atoms with Crippen LogP contribution in [-0.4, -0.2) is 12.6 Å². The first kappa shape index (κ1) is 7.60. The molecule has 2 rings (SSSR count). The minimum Gasteiger partial charge on any atom is -0.313 e. The summed E-state index contributed by atoms with van der Waals surface area (Å²) in [6, 6.07) is 0.838. The average molecular weight is 153 g/mol. The van der Waals surface area contributed by atoms with Gasteiger partial charge in [0.1, 0.15) is 0 Å². The molecule has 1 heteroatoms. The first-order valence-corrected chi connectivity index (χ1v) is 4.93. The summed E-state index contributed by atoms with van der Waals surface area (Å²) in [6.07, 6.45) is 5.89. The van der Waals surface area contributed by atoms with Crippen molar-refractivity contribution in [2.45, 2.75) is 45.6 Å². The van der Waals surface area contributed by atoms with Gasteiger partial charge in [0, 0.05) is 12.6 Å². The highest BCUT2D eigenvalue weighted by Gasteiger charge is 2.43. The highest BCUT2D eigenvalue weighted by atomic mass is 15.0. The molecule has 0 radical (unpaired) electrons. The fraction of sp³-hybridized carbons (Fsp3) is 1.00. The molecule has 0 spiro atoms. The maximum Gasteiger partial charge on any atom is 0.0159 e. The van der Waals surface area contributed by atoms with Crippen molar-refractivity contribution in [1.82, 2.24) is 5.32 Å². The second kappa shape index (κ2) is 2.48. The van der Waals surface area contributed by atoms with Crippen LogP contribution in [0.4, 0.5) is 0 Å². The lowest BCUT2D eigenvalue weighted by atomic mass is 9.70. The van der Waals surface area contributed by atoms with Crippen LogP contribution in [0.25, 0.3) is 0 Å². The van der Waals surface area contributed by atoms with Crippen LogP contribution in [0.3, 0.4) is 0 Å². The minimum atomic E-state index is 0.592. The third kappa shape index (κ3) is 1.20. The molecule has 1 aliphatic heterocycles. The molecule has 1 heterocycles. The average Bonchev–Trinajstić information content (AvgIpc) is 2.38. The van der Waals surface area contributed by atoms with Gasteiger partial charge in [-0.05, 0) is 24.2 Å². The number of hydrogen-bond acceptors (Lipinski definition) is 1. The van der Waals surface area contributed by atoms with Crippen LogP contribution < -0.4 is 5.32 Å². The zero-order valence-corrected chi connectivity index (χ0v) is 7.69. The van der Waals surface area contributed by atoms with Crippen LogP contribution in [-0.2, 0) is 0 Å². The molecule has 11 heavy (non-hydrogen) atoms. The lowest BCUT2D eigenvalue weighted by Gasteiger charge is -2.49. The largest absolute Gasteiger partial charge is 0.313 e. The van der Waals surface area contributed by atoms with E-state index in [-0.39, 0.29) is 0 Å². The molecule has 1 atom stereocenters. The quantitative estimate of drug-likeness (QED) is 0.609. The predicted octanol–water partition coefficient (Wildman–Crippen LogP) is 2.17. The second-order valence-corrected chi connectivity index (χ2v) is 4.89. The van der Waals surface area contributed by atoms with E-state index in [0.29, 0.717) is 5.41 Å². The van der Waals surface area contributed by atoms with Crippen molar-refractivity contribution in [3.8, 4) is 0 Å². The summed E-state index contributed by atoms with van der Waals surface area (Å²) >= 11 is 0. The van der Waals surface area contributed by atoms with E-state index in [9.17, 15) is 0 Å². The van der Waals surface area contributed by atoms with Gasteiger partial charge in [0.05, 0.1) is 0 Å². The molecule has 64 valence electrons. The summed E-state index contributed by atoms with van der Waals surface area (Å²) in [5.41, 5.74) is 0.592. The van der Waals surface area contributed by atoms with E-state index in [1.165, 1.54) is 32.2 Å². The van der Waals surface area contributed by atoms with Crippen LogP contribution in [0.5, 0.6) is 0 Å². The summed E-state index contributed by atoms with van der Waals surface area (Å²) in [6.45, 7) is 6.02. The monoisotopic (exact) mass is 153 g/mol. The Morgan fingerprint density at radius 1 is 1.18 bits per heavy atom. The molecule has 2 aliphatic rings. The van der Waals surface area contributed by atoms with E-state index in [1.54, 1.807) is 0 Å². The Morgan fingerprint density at radius 2 is 1.82 bits per heavy atom. The normalized spacial score (nSPS) is 37.1. The van der Waals surface area contributed by atoms with Crippen molar-refractivity contribution in [3.05, 3.63) is 0 Å². The van der Waals surface area contributed by atoms with Crippen LogP contribution in [0.2, 0.25) is 0 Å². The van der Waals surface area contributed by atoms with E-state index < -0.39 is 0 Å². The van der Waals surface area contributed by atoms with Gasteiger partial charge in [-0.1, -0.05) is 26.7 Å². The van der Waals surface area contributed by atoms with Crippen LogP contribution in [0.1, 0.15) is 39.5 Å². The smallest absolute Gasteiger partial charge is 0.0159 e. The standard InChI is InChI=1S/C10H19N/c1-10(2)7-11-9(10)8-5-3-4-6-8/h8-9,11H,3-7H2,1-2H3. The van der Waals surface area contributed by atoms with E-state index in [0.717, 1.165) is 12.0 Å². The number of hydrogen-bond donors (Lipinski definition) is 1. The SMILES string of the molecule is CC1(C)CNC1C1CCCC1. The van der Waals surface area contributed by atoms with Gasteiger partial charge in [0.25, 0.3) is 0 Å². The Balaban J connectivity index is 1.94. The zero-order chi connectivity index (χ0) is 7.90. The molecule has 1 nitrogen and oxygen atoms in total. The summed E-state index contributed by atoms with van der Waals surface area (Å²) < 4.78 is 0. The summed E-state index contributed by atoms with van der Waals surface area (Å²) in [5.74, 6) is 0.999. The number of rotatable bonds is 1. The highest BCUT2D eigenvalue weighted by Crippen LogP contribution is 2.40. The topological polar surface area (TPSA) is 12.0 Å². The van der Waals surface area contributed by atoms with E-state index in [4.69, 9.17) is 0 Å². The van der Waals surface area contributed by atoms with Gasteiger partial charge in [-0.25, -0.2) is 0 Å². The van der Waals surface area contributed by atoms with E-state index in [2.05, 4.69) is 19.2 Å². The van der Waals surface area contributed by atoms with Crippen LogP contribution in [0, 0.1) is 11.3 Å². The maximum atomic E-state index is 3.58. The molecule has 1 unspecified atom stereocenters. The molecular weight excluding hydrogens is 134 g/mol. The fourth-order valence-electron chi connectivity index (χ4n) is 2.72.